The van der Waals surface area contributed by atoms with Crippen molar-refractivity contribution in [3.8, 4) is 6.07 Å². The third-order valence-corrected chi connectivity index (χ3v) is 6.80. The molecular formula is C22H30N8O. The Morgan fingerprint density at radius 3 is 2.65 bits per heavy atom. The summed E-state index contributed by atoms with van der Waals surface area (Å²) in [5, 5.41) is 26.8. The molecule has 5 atom stereocenters. The number of aromatic nitrogens is 2. The lowest BCUT2D eigenvalue weighted by atomic mass is 9.97. The molecule has 5 N–H and O–H groups in total. The van der Waals surface area contributed by atoms with E-state index in [0.717, 1.165) is 41.8 Å². The van der Waals surface area contributed by atoms with Crippen LogP contribution in [0.4, 0.5) is 11.6 Å². The number of nitrogens with zero attached hydrogens (tertiary/aromatic N) is 4. The molecule has 0 radical (unpaired) electrons. The summed E-state index contributed by atoms with van der Waals surface area (Å²) in [6, 6.07) is 9.77. The summed E-state index contributed by atoms with van der Waals surface area (Å²) in [7, 11) is 0. The minimum Gasteiger partial charge on any atom is -0.390 e. The molecule has 0 saturated carbocycles. The maximum atomic E-state index is 9.53. The lowest BCUT2D eigenvalue weighted by molar-refractivity contribution is 0.151. The van der Waals surface area contributed by atoms with E-state index in [1.165, 1.54) is 12.8 Å². The van der Waals surface area contributed by atoms with Crippen LogP contribution in [0.1, 0.15) is 44.7 Å². The van der Waals surface area contributed by atoms with Gasteiger partial charge in [-0.3, -0.25) is 15.3 Å². The number of fused-ring (bicyclic) bond motifs is 3. The molecule has 0 spiro atoms. The van der Waals surface area contributed by atoms with Crippen LogP contribution in [0.2, 0.25) is 0 Å². The predicted octanol–water partition coefficient (Wildman–Crippen LogP) is 1.68. The molecule has 164 valence electrons. The van der Waals surface area contributed by atoms with Crippen LogP contribution >= 0.6 is 0 Å². The predicted molar refractivity (Wildman–Crippen MR) is 119 cm³/mol. The van der Waals surface area contributed by atoms with Crippen molar-refractivity contribution in [2.24, 2.45) is 0 Å². The van der Waals surface area contributed by atoms with Gasteiger partial charge in [0.1, 0.15) is 11.6 Å². The van der Waals surface area contributed by atoms with Crippen LogP contribution in [-0.4, -0.2) is 56.9 Å². The van der Waals surface area contributed by atoms with Crippen molar-refractivity contribution in [3.05, 3.63) is 23.9 Å². The van der Waals surface area contributed by atoms with E-state index < -0.39 is 0 Å². The molecular weight excluding hydrogens is 392 g/mol. The summed E-state index contributed by atoms with van der Waals surface area (Å²) >= 11 is 0. The first kappa shape index (κ1) is 20.4. The van der Waals surface area contributed by atoms with Crippen molar-refractivity contribution < 1.29 is 5.11 Å². The highest BCUT2D eigenvalue weighted by Gasteiger charge is 2.40. The maximum Gasteiger partial charge on any atom is 0.138 e. The first-order valence-electron chi connectivity index (χ1n) is 11.2. The zero-order valence-corrected chi connectivity index (χ0v) is 17.8. The lowest BCUT2D eigenvalue weighted by Crippen LogP contribution is -2.47. The monoisotopic (exact) mass is 422 g/mol. The molecule has 2 aromatic heterocycles. The number of nitrogens with one attached hydrogen (secondary N) is 4. The summed E-state index contributed by atoms with van der Waals surface area (Å²) < 4.78 is 0. The molecule has 0 aliphatic carbocycles. The summed E-state index contributed by atoms with van der Waals surface area (Å²) in [6.07, 6.45) is 5.42. The van der Waals surface area contributed by atoms with E-state index in [4.69, 9.17) is 10.2 Å². The Morgan fingerprint density at radius 1 is 1.16 bits per heavy atom. The standard InChI is InChI=1S/C22H30N8O/c1-13-8-21(29-28-13)26-20-11-19-18(5-2-14(12-31)24-19)22(27-20)25-15-9-16-3-4-17(10-15)30(16)7-6-23/h2,5,11,13,15-17,21,28-29,31H,3-4,7-10,12H2,1H3,(H2,25,26,27)/t13?,15?,16-,17+,21?. The number of rotatable bonds is 6. The Balaban J connectivity index is 1.41. The van der Waals surface area contributed by atoms with Gasteiger partial charge in [0.05, 0.1) is 36.6 Å². The van der Waals surface area contributed by atoms with Gasteiger partial charge in [0.15, 0.2) is 0 Å². The summed E-state index contributed by atoms with van der Waals surface area (Å²) in [4.78, 5) is 11.9. The van der Waals surface area contributed by atoms with Gasteiger partial charge in [0, 0.05) is 35.6 Å². The van der Waals surface area contributed by atoms with Crippen LogP contribution in [0.5, 0.6) is 0 Å². The number of nitriles is 1. The number of piperidine rings is 1. The van der Waals surface area contributed by atoms with Crippen LogP contribution in [0.15, 0.2) is 18.2 Å². The molecule has 2 aromatic rings. The zero-order chi connectivity index (χ0) is 21.4. The molecule has 0 aromatic carbocycles. The molecule has 2 bridgehead atoms. The van der Waals surface area contributed by atoms with Crippen molar-refractivity contribution >= 4 is 22.5 Å². The van der Waals surface area contributed by atoms with E-state index in [1.54, 1.807) is 0 Å². The molecule has 31 heavy (non-hydrogen) atoms. The Bertz CT molecular complexity index is 977. The molecule has 9 nitrogen and oxygen atoms in total. The largest absolute Gasteiger partial charge is 0.390 e. The second kappa shape index (κ2) is 8.55. The molecule has 5 rings (SSSR count). The molecule has 3 unspecified atom stereocenters. The lowest BCUT2D eigenvalue weighted by Gasteiger charge is -2.38. The average Bonchev–Trinajstić information content (AvgIpc) is 3.26. The molecule has 3 fully saturated rings. The molecule has 0 amide bonds. The summed E-state index contributed by atoms with van der Waals surface area (Å²) in [5.41, 5.74) is 7.93. The average molecular weight is 423 g/mol. The van der Waals surface area contributed by atoms with E-state index in [-0.39, 0.29) is 12.8 Å². The molecule has 3 saturated heterocycles. The first-order chi connectivity index (χ1) is 15.1. The van der Waals surface area contributed by atoms with Gasteiger partial charge >= 0.3 is 0 Å². The fourth-order valence-electron chi connectivity index (χ4n) is 5.35. The fourth-order valence-corrected chi connectivity index (χ4v) is 5.35. The minimum absolute atomic E-state index is 0.0872. The highest BCUT2D eigenvalue weighted by Crippen LogP contribution is 2.37. The van der Waals surface area contributed by atoms with Gasteiger partial charge in [-0.15, -0.1) is 0 Å². The maximum absolute atomic E-state index is 9.53. The number of hydrazine groups is 1. The minimum atomic E-state index is -0.0872. The third-order valence-electron chi connectivity index (χ3n) is 6.80. The van der Waals surface area contributed by atoms with Gasteiger partial charge in [0.25, 0.3) is 0 Å². The van der Waals surface area contributed by atoms with Crippen molar-refractivity contribution in [2.75, 3.05) is 17.2 Å². The normalized spacial score (nSPS) is 30.4. The smallest absolute Gasteiger partial charge is 0.138 e. The second-order valence-corrected chi connectivity index (χ2v) is 9.03. The number of anilines is 2. The van der Waals surface area contributed by atoms with Gasteiger partial charge in [-0.25, -0.2) is 10.4 Å². The van der Waals surface area contributed by atoms with Crippen molar-refractivity contribution in [2.45, 2.75) is 76.0 Å². The van der Waals surface area contributed by atoms with E-state index in [2.05, 4.69) is 44.4 Å². The topological polar surface area (TPSA) is 121 Å². The molecule has 5 heterocycles. The Hall–Kier alpha value is -2.51. The second-order valence-electron chi connectivity index (χ2n) is 9.03. The first-order valence-corrected chi connectivity index (χ1v) is 11.2. The number of pyridine rings is 2. The van der Waals surface area contributed by atoms with Gasteiger partial charge in [-0.1, -0.05) is 0 Å². The number of aliphatic hydroxyl groups is 1. The quantitative estimate of drug-likeness (QED) is 0.443. The highest BCUT2D eigenvalue weighted by atomic mass is 16.3. The van der Waals surface area contributed by atoms with Crippen molar-refractivity contribution in [3.63, 3.8) is 0 Å². The summed E-state index contributed by atoms with van der Waals surface area (Å²) in [5.74, 6) is 1.59. The van der Waals surface area contributed by atoms with Crippen LogP contribution in [0, 0.1) is 11.3 Å². The van der Waals surface area contributed by atoms with Gasteiger partial charge in [0.2, 0.25) is 0 Å². The van der Waals surface area contributed by atoms with E-state index in [1.807, 2.05) is 18.2 Å². The Morgan fingerprint density at radius 2 is 1.97 bits per heavy atom. The van der Waals surface area contributed by atoms with Crippen LogP contribution in [0.25, 0.3) is 10.9 Å². The highest BCUT2D eigenvalue weighted by molar-refractivity contribution is 5.91. The SMILES string of the molecule is CC1CC(Nc2cc3nc(CO)ccc3c(NC3C[C@H]4CC[C@@H](C3)N4CC#N)n2)NN1. The van der Waals surface area contributed by atoms with Crippen LogP contribution < -0.4 is 21.5 Å². The van der Waals surface area contributed by atoms with E-state index >= 15 is 0 Å². The number of hydrogen-bond acceptors (Lipinski definition) is 9. The Labute approximate surface area is 182 Å². The van der Waals surface area contributed by atoms with Crippen LogP contribution in [-0.2, 0) is 6.61 Å². The van der Waals surface area contributed by atoms with Gasteiger partial charge in [-0.05, 0) is 51.2 Å². The third kappa shape index (κ3) is 4.16. The molecule has 3 aliphatic rings. The fraction of sp³-hybridized carbons (Fsp3) is 0.591. The van der Waals surface area contributed by atoms with E-state index in [0.29, 0.717) is 36.4 Å². The Kier molecular flexibility index (Phi) is 5.63. The molecule has 9 heteroatoms. The van der Waals surface area contributed by atoms with E-state index in [9.17, 15) is 5.11 Å². The van der Waals surface area contributed by atoms with Gasteiger partial charge < -0.3 is 15.7 Å². The number of hydrogen-bond donors (Lipinski definition) is 5. The van der Waals surface area contributed by atoms with Crippen molar-refractivity contribution in [1.82, 2.24) is 25.7 Å². The number of aliphatic hydroxyl groups excluding tert-OH is 1. The molecule has 3 aliphatic heterocycles. The summed E-state index contributed by atoms with van der Waals surface area (Å²) in [6.45, 7) is 2.57. The van der Waals surface area contributed by atoms with Crippen LogP contribution in [0.3, 0.4) is 0 Å². The zero-order valence-electron chi connectivity index (χ0n) is 17.8. The van der Waals surface area contributed by atoms with Crippen molar-refractivity contribution in [1.29, 1.82) is 5.26 Å². The van der Waals surface area contributed by atoms with Gasteiger partial charge in [-0.2, -0.15) is 5.26 Å².